The summed E-state index contributed by atoms with van der Waals surface area (Å²) in [6.45, 7) is 0. The molecule has 3 N–H and O–H groups in total. The van der Waals surface area contributed by atoms with E-state index in [1.165, 1.54) is 6.20 Å². The molecule has 1 amide bonds. The zero-order chi connectivity index (χ0) is 12.8. The maximum Gasteiger partial charge on any atom is 0.300 e. The number of nitrogen functional groups attached to an aromatic ring is 1. The number of carbonyl (C=O) groups excluding carboxylic acids is 1. The van der Waals surface area contributed by atoms with Crippen molar-refractivity contribution in [1.82, 2.24) is 4.98 Å². The number of hydrogen-bond donors (Lipinski definition) is 2. The van der Waals surface area contributed by atoms with Crippen molar-refractivity contribution in [3.63, 3.8) is 0 Å². The van der Waals surface area contributed by atoms with Crippen molar-refractivity contribution in [2.24, 2.45) is 0 Å². The highest BCUT2D eigenvalue weighted by Gasteiger charge is 1.97. The summed E-state index contributed by atoms with van der Waals surface area (Å²) in [6.07, 6.45) is 1.48. The van der Waals surface area contributed by atoms with Crippen LogP contribution in [0.25, 0.3) is 0 Å². The van der Waals surface area contributed by atoms with Gasteiger partial charge in [0.25, 0.3) is 0 Å². The molecule has 2 aromatic rings. The molecule has 88 valence electrons. The van der Waals surface area contributed by atoms with Crippen molar-refractivity contribution in [3.05, 3.63) is 54.2 Å². The van der Waals surface area contributed by atoms with E-state index < -0.39 is 0 Å². The van der Waals surface area contributed by atoms with Crippen molar-refractivity contribution in [2.75, 3.05) is 11.1 Å². The van der Waals surface area contributed by atoms with Gasteiger partial charge in [0.2, 0.25) is 0 Å². The van der Waals surface area contributed by atoms with Crippen LogP contribution in [0.1, 0.15) is 5.56 Å². The second-order valence-electron chi connectivity index (χ2n) is 3.54. The molecule has 0 aliphatic rings. The van der Waals surface area contributed by atoms with Crippen molar-refractivity contribution in [1.29, 1.82) is 0 Å². The molecule has 1 aromatic carbocycles. The van der Waals surface area contributed by atoms with Crippen molar-refractivity contribution in [3.8, 4) is 11.8 Å². The fourth-order valence-electron chi connectivity index (χ4n) is 1.29. The Morgan fingerprint density at radius 2 is 1.94 bits per heavy atom. The van der Waals surface area contributed by atoms with Gasteiger partial charge in [-0.25, -0.2) is 4.98 Å². The van der Waals surface area contributed by atoms with E-state index in [2.05, 4.69) is 22.1 Å². The van der Waals surface area contributed by atoms with Crippen LogP contribution in [0.3, 0.4) is 0 Å². The summed E-state index contributed by atoms with van der Waals surface area (Å²) in [5, 5.41) is 2.61. The summed E-state index contributed by atoms with van der Waals surface area (Å²) in [5.41, 5.74) is 6.80. The molecular formula is C14H11N3O. The van der Waals surface area contributed by atoms with Gasteiger partial charge in [-0.1, -0.05) is 24.1 Å². The van der Waals surface area contributed by atoms with Crippen LogP contribution >= 0.6 is 0 Å². The van der Waals surface area contributed by atoms with Crippen molar-refractivity contribution >= 4 is 17.4 Å². The van der Waals surface area contributed by atoms with Gasteiger partial charge in [0.15, 0.2) is 0 Å². The van der Waals surface area contributed by atoms with E-state index >= 15 is 0 Å². The summed E-state index contributed by atoms with van der Waals surface area (Å²) in [5.74, 6) is 5.29. The largest absolute Gasteiger partial charge is 0.384 e. The first kappa shape index (κ1) is 11.7. The molecule has 0 aliphatic carbocycles. The number of pyridine rings is 1. The molecule has 18 heavy (non-hydrogen) atoms. The molecule has 0 saturated carbocycles. The van der Waals surface area contributed by atoms with Crippen LogP contribution in [0.4, 0.5) is 11.5 Å². The number of benzene rings is 1. The van der Waals surface area contributed by atoms with E-state index in [1.54, 1.807) is 12.1 Å². The number of carbonyl (C=O) groups is 1. The van der Waals surface area contributed by atoms with Gasteiger partial charge in [0.05, 0.1) is 11.9 Å². The quantitative estimate of drug-likeness (QED) is 0.741. The Morgan fingerprint density at radius 1 is 1.17 bits per heavy atom. The van der Waals surface area contributed by atoms with E-state index in [0.717, 1.165) is 5.56 Å². The Labute approximate surface area is 105 Å². The van der Waals surface area contributed by atoms with Crippen molar-refractivity contribution < 1.29 is 4.79 Å². The van der Waals surface area contributed by atoms with Crippen LogP contribution in [0.15, 0.2) is 48.7 Å². The van der Waals surface area contributed by atoms with Gasteiger partial charge in [-0.05, 0) is 24.3 Å². The number of hydrogen-bond acceptors (Lipinski definition) is 3. The second kappa shape index (κ2) is 5.51. The van der Waals surface area contributed by atoms with Crippen LogP contribution < -0.4 is 11.1 Å². The van der Waals surface area contributed by atoms with E-state index in [4.69, 9.17) is 5.73 Å². The van der Waals surface area contributed by atoms with E-state index in [1.807, 2.05) is 30.3 Å². The first-order chi connectivity index (χ1) is 8.74. The normalized spacial score (nSPS) is 9.11. The molecule has 0 saturated heterocycles. The monoisotopic (exact) mass is 237 g/mol. The summed E-state index contributed by atoms with van der Waals surface area (Å²) < 4.78 is 0. The SMILES string of the molecule is Nc1ccc(NC(=O)C#Cc2ccccc2)cn1. The third-order valence-corrected chi connectivity index (χ3v) is 2.14. The first-order valence-corrected chi connectivity index (χ1v) is 5.33. The van der Waals surface area contributed by atoms with Gasteiger partial charge >= 0.3 is 5.91 Å². The lowest BCUT2D eigenvalue weighted by atomic mass is 10.2. The summed E-state index contributed by atoms with van der Waals surface area (Å²) >= 11 is 0. The van der Waals surface area contributed by atoms with Gasteiger partial charge in [-0.2, -0.15) is 0 Å². The van der Waals surface area contributed by atoms with Crippen molar-refractivity contribution in [2.45, 2.75) is 0 Å². The summed E-state index contributed by atoms with van der Waals surface area (Å²) in [6, 6.07) is 12.6. The Balaban J connectivity index is 2.01. The summed E-state index contributed by atoms with van der Waals surface area (Å²) in [4.78, 5) is 15.4. The Morgan fingerprint density at radius 3 is 2.61 bits per heavy atom. The Hall–Kier alpha value is -2.80. The fourth-order valence-corrected chi connectivity index (χ4v) is 1.29. The standard InChI is InChI=1S/C14H11N3O/c15-13-8-7-12(10-16-13)17-14(18)9-6-11-4-2-1-3-5-11/h1-5,7-8,10H,(H2,15,16)(H,17,18). The number of nitrogens with two attached hydrogens (primary N) is 1. The van der Waals surface area contributed by atoms with Crippen LogP contribution in [-0.2, 0) is 4.79 Å². The third-order valence-electron chi connectivity index (χ3n) is 2.14. The van der Waals surface area contributed by atoms with Gasteiger partial charge in [-0.3, -0.25) is 4.79 Å². The van der Waals surface area contributed by atoms with Crippen LogP contribution in [0.5, 0.6) is 0 Å². The fraction of sp³-hybridized carbons (Fsp3) is 0. The highest BCUT2D eigenvalue weighted by Crippen LogP contribution is 2.06. The van der Waals surface area contributed by atoms with E-state index in [0.29, 0.717) is 11.5 Å². The number of nitrogens with one attached hydrogen (secondary N) is 1. The minimum absolute atomic E-state index is 0.384. The maximum atomic E-state index is 11.5. The lowest BCUT2D eigenvalue weighted by molar-refractivity contribution is -0.111. The molecule has 0 spiro atoms. The van der Waals surface area contributed by atoms with Gasteiger partial charge in [-0.15, -0.1) is 0 Å². The molecule has 4 nitrogen and oxygen atoms in total. The van der Waals surface area contributed by atoms with Crippen LogP contribution in [0.2, 0.25) is 0 Å². The molecule has 0 aliphatic heterocycles. The molecule has 1 aromatic heterocycles. The molecule has 0 fully saturated rings. The number of amides is 1. The molecular weight excluding hydrogens is 226 g/mol. The molecule has 2 rings (SSSR count). The molecule has 4 heteroatoms. The number of rotatable bonds is 1. The molecule has 0 radical (unpaired) electrons. The molecule has 1 heterocycles. The third kappa shape index (κ3) is 3.35. The zero-order valence-electron chi connectivity index (χ0n) is 9.55. The summed E-state index contributed by atoms with van der Waals surface area (Å²) in [7, 11) is 0. The minimum Gasteiger partial charge on any atom is -0.384 e. The lowest BCUT2D eigenvalue weighted by Gasteiger charge is -1.99. The highest BCUT2D eigenvalue weighted by molar-refractivity contribution is 6.04. The lowest BCUT2D eigenvalue weighted by Crippen LogP contribution is -2.08. The second-order valence-corrected chi connectivity index (χ2v) is 3.54. The predicted molar refractivity (Wildman–Crippen MR) is 70.6 cm³/mol. The average Bonchev–Trinajstić information content (AvgIpc) is 2.40. The molecule has 0 atom stereocenters. The number of anilines is 2. The number of nitrogens with zero attached hydrogens (tertiary/aromatic N) is 1. The first-order valence-electron chi connectivity index (χ1n) is 5.33. The molecule has 0 unspecified atom stereocenters. The Bertz CT molecular complexity index is 594. The van der Waals surface area contributed by atoms with E-state index in [-0.39, 0.29) is 5.91 Å². The zero-order valence-corrected chi connectivity index (χ0v) is 9.55. The van der Waals surface area contributed by atoms with Crippen LogP contribution in [-0.4, -0.2) is 10.9 Å². The van der Waals surface area contributed by atoms with Gasteiger partial charge in [0.1, 0.15) is 5.82 Å². The molecule has 0 bridgehead atoms. The Kier molecular flexibility index (Phi) is 3.57. The van der Waals surface area contributed by atoms with E-state index in [9.17, 15) is 4.79 Å². The number of aromatic nitrogens is 1. The smallest absolute Gasteiger partial charge is 0.300 e. The minimum atomic E-state index is -0.384. The van der Waals surface area contributed by atoms with Gasteiger partial charge < -0.3 is 11.1 Å². The predicted octanol–water partition coefficient (Wildman–Crippen LogP) is 1.65. The average molecular weight is 237 g/mol. The topological polar surface area (TPSA) is 68.0 Å². The van der Waals surface area contributed by atoms with Crippen LogP contribution in [0, 0.1) is 11.8 Å². The maximum absolute atomic E-state index is 11.5. The van der Waals surface area contributed by atoms with Gasteiger partial charge in [0, 0.05) is 11.5 Å². The highest BCUT2D eigenvalue weighted by atomic mass is 16.1.